The number of nitriles is 1. The summed E-state index contributed by atoms with van der Waals surface area (Å²) in [5.41, 5.74) is 2.72. The molecule has 108 valence electrons. The Bertz CT molecular complexity index is 692. The molecule has 0 aliphatic heterocycles. The van der Waals surface area contributed by atoms with Gasteiger partial charge in [0.05, 0.1) is 30.5 Å². The topological polar surface area (TPSA) is 45.0 Å². The number of nitrogens with zero attached hydrogens (tertiary/aromatic N) is 1. The van der Waals surface area contributed by atoms with Crippen molar-refractivity contribution >= 4 is 5.69 Å². The molecular weight excluding hydrogens is 267 g/mol. The van der Waals surface area contributed by atoms with E-state index in [1.807, 2.05) is 38.1 Å². The molecule has 0 radical (unpaired) electrons. The van der Waals surface area contributed by atoms with Crippen LogP contribution in [-0.2, 0) is 0 Å². The lowest BCUT2D eigenvalue weighted by molar-refractivity contribution is 0.407. The minimum absolute atomic E-state index is 0.122. The summed E-state index contributed by atoms with van der Waals surface area (Å²) in [5, 5.41) is 11.9. The Morgan fingerprint density at radius 1 is 1.24 bits per heavy atom. The van der Waals surface area contributed by atoms with Crippen molar-refractivity contribution in [3.05, 3.63) is 58.9 Å². The van der Waals surface area contributed by atoms with Crippen LogP contribution in [0.4, 0.5) is 10.1 Å². The van der Waals surface area contributed by atoms with Crippen LogP contribution < -0.4 is 10.1 Å². The lowest BCUT2D eigenvalue weighted by atomic mass is 10.0. The summed E-state index contributed by atoms with van der Waals surface area (Å²) in [6.45, 7) is 3.93. The average molecular weight is 284 g/mol. The summed E-state index contributed by atoms with van der Waals surface area (Å²) in [5.74, 6) is 0.330. The first-order chi connectivity index (χ1) is 10.0. The van der Waals surface area contributed by atoms with E-state index in [1.165, 1.54) is 6.07 Å². The molecule has 4 heteroatoms. The van der Waals surface area contributed by atoms with Gasteiger partial charge in [-0.15, -0.1) is 0 Å². The molecule has 1 N–H and O–H groups in total. The van der Waals surface area contributed by atoms with E-state index in [9.17, 15) is 4.39 Å². The number of rotatable bonds is 4. The van der Waals surface area contributed by atoms with Crippen LogP contribution in [0.2, 0.25) is 0 Å². The van der Waals surface area contributed by atoms with Gasteiger partial charge < -0.3 is 10.1 Å². The van der Waals surface area contributed by atoms with Gasteiger partial charge in [-0.1, -0.05) is 12.1 Å². The van der Waals surface area contributed by atoms with Crippen molar-refractivity contribution in [2.75, 3.05) is 12.4 Å². The second-order valence-corrected chi connectivity index (χ2v) is 4.92. The first kappa shape index (κ1) is 14.9. The Morgan fingerprint density at radius 2 is 2.00 bits per heavy atom. The largest absolute Gasteiger partial charge is 0.496 e. The first-order valence-electron chi connectivity index (χ1n) is 6.66. The summed E-state index contributed by atoms with van der Waals surface area (Å²) in [4.78, 5) is 0. The lowest BCUT2D eigenvalue weighted by Crippen LogP contribution is -2.09. The fourth-order valence-electron chi connectivity index (χ4n) is 2.19. The maximum absolute atomic E-state index is 13.9. The quantitative estimate of drug-likeness (QED) is 0.915. The third-order valence-corrected chi connectivity index (χ3v) is 3.33. The molecule has 0 saturated carbocycles. The number of benzene rings is 2. The summed E-state index contributed by atoms with van der Waals surface area (Å²) < 4.78 is 19.3. The Kier molecular flexibility index (Phi) is 4.44. The van der Waals surface area contributed by atoms with Crippen LogP contribution in [0.1, 0.15) is 29.7 Å². The van der Waals surface area contributed by atoms with Gasteiger partial charge >= 0.3 is 0 Å². The van der Waals surface area contributed by atoms with Gasteiger partial charge in [0.1, 0.15) is 11.6 Å². The number of nitrogens with one attached hydrogen (secondary N) is 1. The number of aryl methyl sites for hydroxylation is 1. The molecule has 0 amide bonds. The molecule has 21 heavy (non-hydrogen) atoms. The van der Waals surface area contributed by atoms with E-state index < -0.39 is 5.82 Å². The Balaban J connectivity index is 2.26. The molecule has 0 bridgehead atoms. The van der Waals surface area contributed by atoms with E-state index in [-0.39, 0.29) is 6.04 Å². The second-order valence-electron chi connectivity index (χ2n) is 4.92. The fraction of sp³-hybridized carbons (Fsp3) is 0.235. The smallest absolute Gasteiger partial charge is 0.147 e. The van der Waals surface area contributed by atoms with E-state index in [4.69, 9.17) is 10.00 Å². The second kappa shape index (κ2) is 6.27. The Labute approximate surface area is 124 Å². The van der Waals surface area contributed by atoms with Crippen LogP contribution in [0.5, 0.6) is 5.75 Å². The van der Waals surface area contributed by atoms with E-state index in [1.54, 1.807) is 19.2 Å². The average Bonchev–Trinajstić information content (AvgIpc) is 2.48. The van der Waals surface area contributed by atoms with Crippen molar-refractivity contribution in [3.63, 3.8) is 0 Å². The van der Waals surface area contributed by atoms with Crippen LogP contribution in [-0.4, -0.2) is 7.11 Å². The monoisotopic (exact) mass is 284 g/mol. The van der Waals surface area contributed by atoms with Crippen molar-refractivity contribution in [1.29, 1.82) is 5.26 Å². The zero-order valence-corrected chi connectivity index (χ0v) is 12.3. The van der Waals surface area contributed by atoms with Crippen LogP contribution >= 0.6 is 0 Å². The molecule has 2 rings (SSSR count). The number of methoxy groups -OCH3 is 1. The Morgan fingerprint density at radius 3 is 2.62 bits per heavy atom. The summed E-state index contributed by atoms with van der Waals surface area (Å²) >= 11 is 0. The molecular formula is C17H17FN2O. The highest BCUT2D eigenvalue weighted by molar-refractivity contribution is 5.51. The third-order valence-electron chi connectivity index (χ3n) is 3.33. The van der Waals surface area contributed by atoms with Gasteiger partial charge in [-0.2, -0.15) is 5.26 Å². The van der Waals surface area contributed by atoms with E-state index in [2.05, 4.69) is 5.32 Å². The van der Waals surface area contributed by atoms with Gasteiger partial charge in [0.2, 0.25) is 0 Å². The van der Waals surface area contributed by atoms with Crippen molar-refractivity contribution < 1.29 is 9.13 Å². The molecule has 2 aromatic carbocycles. The minimum Gasteiger partial charge on any atom is -0.496 e. The van der Waals surface area contributed by atoms with Gasteiger partial charge in [-0.25, -0.2) is 4.39 Å². The lowest BCUT2D eigenvalue weighted by Gasteiger charge is -2.19. The summed E-state index contributed by atoms with van der Waals surface area (Å²) in [7, 11) is 1.62. The highest BCUT2D eigenvalue weighted by atomic mass is 19.1. The molecule has 0 saturated heterocycles. The van der Waals surface area contributed by atoms with Gasteiger partial charge in [-0.05, 0) is 43.7 Å². The number of anilines is 1. The normalized spacial score (nSPS) is 11.6. The molecule has 1 unspecified atom stereocenters. The third kappa shape index (κ3) is 3.32. The van der Waals surface area contributed by atoms with Crippen LogP contribution in [0, 0.1) is 24.1 Å². The van der Waals surface area contributed by atoms with Gasteiger partial charge in [-0.3, -0.25) is 0 Å². The number of hydrogen-bond acceptors (Lipinski definition) is 3. The first-order valence-corrected chi connectivity index (χ1v) is 6.66. The standard InChI is InChI=1S/C17H17FN2O/c1-11-4-6-14(17(8-11)21-3)12(2)20-16-7-5-13(10-19)9-15(16)18/h4-9,12,20H,1-3H3. The number of ether oxygens (including phenoxy) is 1. The van der Waals surface area contributed by atoms with Gasteiger partial charge in [0.25, 0.3) is 0 Å². The van der Waals surface area contributed by atoms with E-state index >= 15 is 0 Å². The SMILES string of the molecule is COc1cc(C)ccc1C(C)Nc1ccc(C#N)cc1F. The predicted octanol–water partition coefficient (Wildman–Crippen LogP) is 4.19. The molecule has 0 aliphatic rings. The molecule has 0 aromatic heterocycles. The van der Waals surface area contributed by atoms with Crippen LogP contribution in [0.25, 0.3) is 0 Å². The maximum Gasteiger partial charge on any atom is 0.147 e. The fourth-order valence-corrected chi connectivity index (χ4v) is 2.19. The van der Waals surface area contributed by atoms with Crippen molar-refractivity contribution in [1.82, 2.24) is 0 Å². The predicted molar refractivity (Wildman–Crippen MR) is 80.9 cm³/mol. The van der Waals surface area contributed by atoms with Crippen LogP contribution in [0.3, 0.4) is 0 Å². The van der Waals surface area contributed by atoms with Gasteiger partial charge in [0, 0.05) is 5.56 Å². The highest BCUT2D eigenvalue weighted by Gasteiger charge is 2.13. The molecule has 3 nitrogen and oxygen atoms in total. The van der Waals surface area contributed by atoms with Crippen molar-refractivity contribution in [2.24, 2.45) is 0 Å². The molecule has 0 fully saturated rings. The number of halogens is 1. The summed E-state index contributed by atoms with van der Waals surface area (Å²) in [6.07, 6.45) is 0. The summed E-state index contributed by atoms with van der Waals surface area (Å²) in [6, 6.07) is 12.1. The zero-order chi connectivity index (χ0) is 15.4. The van der Waals surface area contributed by atoms with E-state index in [0.29, 0.717) is 11.3 Å². The zero-order valence-electron chi connectivity index (χ0n) is 12.3. The van der Waals surface area contributed by atoms with Crippen LogP contribution in [0.15, 0.2) is 36.4 Å². The highest BCUT2D eigenvalue weighted by Crippen LogP contribution is 2.29. The number of hydrogen-bond donors (Lipinski definition) is 1. The van der Waals surface area contributed by atoms with Crippen molar-refractivity contribution in [2.45, 2.75) is 19.9 Å². The molecule has 2 aromatic rings. The van der Waals surface area contributed by atoms with Gasteiger partial charge in [0.15, 0.2) is 0 Å². The molecule has 0 spiro atoms. The van der Waals surface area contributed by atoms with Crippen molar-refractivity contribution in [3.8, 4) is 11.8 Å². The Hall–Kier alpha value is -2.54. The molecule has 1 atom stereocenters. The van der Waals surface area contributed by atoms with E-state index in [0.717, 1.165) is 16.9 Å². The molecule has 0 heterocycles. The maximum atomic E-state index is 13.9. The minimum atomic E-state index is -0.438. The molecule has 0 aliphatic carbocycles.